The molecule has 0 amide bonds. The van der Waals surface area contributed by atoms with Crippen LogP contribution in [0.1, 0.15) is 32.1 Å². The highest BCUT2D eigenvalue weighted by molar-refractivity contribution is 9.10. The summed E-state index contributed by atoms with van der Waals surface area (Å²) in [6.45, 7) is 0.265. The summed E-state index contributed by atoms with van der Waals surface area (Å²) in [6.07, 6.45) is 5.36. The minimum Gasteiger partial charge on any atom is -0.490 e. The number of hydrogen-bond acceptors (Lipinski definition) is 2. The highest BCUT2D eigenvalue weighted by Crippen LogP contribution is 2.29. The van der Waals surface area contributed by atoms with Gasteiger partial charge in [0.25, 0.3) is 0 Å². The van der Waals surface area contributed by atoms with Crippen LogP contribution in [-0.2, 0) is 0 Å². The van der Waals surface area contributed by atoms with Crippen LogP contribution in [0.4, 0.5) is 4.39 Å². The Morgan fingerprint density at radius 1 is 1.39 bits per heavy atom. The molecule has 1 aliphatic rings. The molecule has 0 heterocycles. The van der Waals surface area contributed by atoms with Crippen molar-refractivity contribution in [2.45, 2.75) is 38.2 Å². The van der Waals surface area contributed by atoms with Gasteiger partial charge < -0.3 is 9.84 Å². The molecule has 0 spiro atoms. The van der Waals surface area contributed by atoms with E-state index in [0.717, 1.165) is 6.42 Å². The highest BCUT2D eigenvalue weighted by atomic mass is 79.9. The third-order valence-electron chi connectivity index (χ3n) is 3.41. The molecule has 18 heavy (non-hydrogen) atoms. The third kappa shape index (κ3) is 3.95. The third-order valence-corrected chi connectivity index (χ3v) is 4.03. The Hall–Kier alpha value is -0.610. The van der Waals surface area contributed by atoms with E-state index < -0.39 is 6.10 Å². The van der Waals surface area contributed by atoms with Crippen LogP contribution < -0.4 is 4.74 Å². The molecular weight excluding hydrogens is 299 g/mol. The summed E-state index contributed by atoms with van der Waals surface area (Å²) >= 11 is 3.24. The van der Waals surface area contributed by atoms with Crippen molar-refractivity contribution in [2.24, 2.45) is 5.92 Å². The summed E-state index contributed by atoms with van der Waals surface area (Å²) in [7, 11) is 0. The first-order chi connectivity index (χ1) is 8.65. The maximum absolute atomic E-state index is 12.9. The first-order valence-electron chi connectivity index (χ1n) is 6.41. The number of aliphatic hydroxyl groups is 1. The van der Waals surface area contributed by atoms with Gasteiger partial charge in [0.1, 0.15) is 18.2 Å². The minimum atomic E-state index is -0.440. The summed E-state index contributed by atoms with van der Waals surface area (Å²) in [4.78, 5) is 0. The zero-order valence-electron chi connectivity index (χ0n) is 10.2. The lowest BCUT2D eigenvalue weighted by Gasteiger charge is -2.16. The molecule has 1 N–H and O–H groups in total. The maximum Gasteiger partial charge on any atom is 0.133 e. The molecule has 1 fully saturated rings. The molecule has 0 saturated heterocycles. The number of aliphatic hydroxyl groups excluding tert-OH is 1. The van der Waals surface area contributed by atoms with Gasteiger partial charge in [0.05, 0.1) is 10.6 Å². The van der Waals surface area contributed by atoms with Gasteiger partial charge in [-0.05, 0) is 46.5 Å². The van der Waals surface area contributed by atoms with Gasteiger partial charge in [-0.25, -0.2) is 4.39 Å². The number of halogens is 2. The van der Waals surface area contributed by atoms with E-state index in [4.69, 9.17) is 4.74 Å². The number of ether oxygens (including phenoxy) is 1. The van der Waals surface area contributed by atoms with Crippen LogP contribution in [0.25, 0.3) is 0 Å². The Kier molecular flexibility index (Phi) is 5.01. The van der Waals surface area contributed by atoms with E-state index in [1.165, 1.54) is 37.8 Å². The molecule has 1 aromatic carbocycles. The second-order valence-corrected chi connectivity index (χ2v) is 5.78. The molecule has 1 saturated carbocycles. The molecule has 1 aliphatic carbocycles. The second-order valence-electron chi connectivity index (χ2n) is 4.93. The average molecular weight is 317 g/mol. The molecule has 4 heteroatoms. The predicted molar refractivity (Wildman–Crippen MR) is 72.2 cm³/mol. The van der Waals surface area contributed by atoms with Gasteiger partial charge in [0.15, 0.2) is 0 Å². The molecule has 0 bridgehead atoms. The van der Waals surface area contributed by atoms with Gasteiger partial charge in [-0.15, -0.1) is 0 Å². The topological polar surface area (TPSA) is 29.5 Å². The fourth-order valence-electron chi connectivity index (χ4n) is 2.48. The van der Waals surface area contributed by atoms with Crippen molar-refractivity contribution in [3.05, 3.63) is 28.5 Å². The monoisotopic (exact) mass is 316 g/mol. The van der Waals surface area contributed by atoms with Crippen LogP contribution in [0.5, 0.6) is 5.75 Å². The summed E-state index contributed by atoms with van der Waals surface area (Å²) in [5.74, 6) is 0.905. The number of benzene rings is 1. The van der Waals surface area contributed by atoms with Gasteiger partial charge in [0.2, 0.25) is 0 Å². The van der Waals surface area contributed by atoms with Crippen LogP contribution in [0.2, 0.25) is 0 Å². The quantitative estimate of drug-likeness (QED) is 0.892. The lowest BCUT2D eigenvalue weighted by atomic mass is 10.0. The van der Waals surface area contributed by atoms with E-state index in [1.807, 2.05) is 0 Å². The van der Waals surface area contributed by atoms with Gasteiger partial charge >= 0.3 is 0 Å². The largest absolute Gasteiger partial charge is 0.490 e. The summed E-state index contributed by atoms with van der Waals surface area (Å²) in [5.41, 5.74) is 0. The molecule has 100 valence electrons. The maximum atomic E-state index is 12.9. The minimum absolute atomic E-state index is 0.265. The van der Waals surface area contributed by atoms with E-state index >= 15 is 0 Å². The Bertz CT molecular complexity index is 391. The molecule has 2 nitrogen and oxygen atoms in total. The van der Waals surface area contributed by atoms with Crippen molar-refractivity contribution in [1.82, 2.24) is 0 Å². The zero-order chi connectivity index (χ0) is 13.0. The molecule has 0 radical (unpaired) electrons. The normalized spacial score (nSPS) is 17.9. The van der Waals surface area contributed by atoms with Crippen LogP contribution in [0, 0.1) is 11.7 Å². The van der Waals surface area contributed by atoms with Crippen molar-refractivity contribution in [1.29, 1.82) is 0 Å². The SMILES string of the molecule is OC(COc1ccc(F)cc1Br)CC1CCCC1. The van der Waals surface area contributed by atoms with E-state index in [1.54, 1.807) is 6.07 Å². The fraction of sp³-hybridized carbons (Fsp3) is 0.571. The van der Waals surface area contributed by atoms with Crippen LogP contribution in [0.15, 0.2) is 22.7 Å². The molecular formula is C14H18BrFO2. The molecule has 1 aromatic rings. The molecule has 1 unspecified atom stereocenters. The Balaban J connectivity index is 1.79. The fourth-order valence-corrected chi connectivity index (χ4v) is 2.94. The molecule has 1 atom stereocenters. The zero-order valence-corrected chi connectivity index (χ0v) is 11.8. The van der Waals surface area contributed by atoms with Gasteiger partial charge in [-0.1, -0.05) is 25.7 Å². The van der Waals surface area contributed by atoms with Crippen molar-refractivity contribution in [3.8, 4) is 5.75 Å². The van der Waals surface area contributed by atoms with Crippen LogP contribution in [-0.4, -0.2) is 17.8 Å². The average Bonchev–Trinajstić information content (AvgIpc) is 2.80. The van der Waals surface area contributed by atoms with E-state index in [0.29, 0.717) is 16.1 Å². The smallest absolute Gasteiger partial charge is 0.133 e. The Morgan fingerprint density at radius 3 is 2.78 bits per heavy atom. The lowest BCUT2D eigenvalue weighted by molar-refractivity contribution is 0.0852. The van der Waals surface area contributed by atoms with Gasteiger partial charge in [0, 0.05) is 0 Å². The van der Waals surface area contributed by atoms with Crippen molar-refractivity contribution >= 4 is 15.9 Å². The summed E-state index contributed by atoms with van der Waals surface area (Å²) in [5, 5.41) is 9.90. The summed E-state index contributed by atoms with van der Waals surface area (Å²) in [6, 6.07) is 4.28. The lowest BCUT2D eigenvalue weighted by Crippen LogP contribution is -2.20. The van der Waals surface area contributed by atoms with E-state index in [-0.39, 0.29) is 12.4 Å². The Morgan fingerprint density at radius 2 is 2.11 bits per heavy atom. The molecule has 0 aliphatic heterocycles. The molecule has 2 rings (SSSR count). The summed E-state index contributed by atoms with van der Waals surface area (Å²) < 4.78 is 19.0. The van der Waals surface area contributed by atoms with Crippen molar-refractivity contribution < 1.29 is 14.2 Å². The van der Waals surface area contributed by atoms with Crippen LogP contribution >= 0.6 is 15.9 Å². The standard InChI is InChI=1S/C14H18BrFO2/c15-13-8-11(16)5-6-14(13)18-9-12(17)7-10-3-1-2-4-10/h5-6,8,10,12,17H,1-4,7,9H2. The predicted octanol–water partition coefficient (Wildman–Crippen LogP) is 3.91. The Labute approximate surface area is 115 Å². The van der Waals surface area contributed by atoms with Gasteiger partial charge in [-0.3, -0.25) is 0 Å². The van der Waals surface area contributed by atoms with Crippen molar-refractivity contribution in [3.63, 3.8) is 0 Å². The molecule has 0 aromatic heterocycles. The number of rotatable bonds is 5. The highest BCUT2D eigenvalue weighted by Gasteiger charge is 2.19. The van der Waals surface area contributed by atoms with Gasteiger partial charge in [-0.2, -0.15) is 0 Å². The van der Waals surface area contributed by atoms with Crippen LogP contribution in [0.3, 0.4) is 0 Å². The van der Waals surface area contributed by atoms with E-state index in [2.05, 4.69) is 15.9 Å². The first-order valence-corrected chi connectivity index (χ1v) is 7.20. The number of hydrogen-bond donors (Lipinski definition) is 1. The first kappa shape index (κ1) is 13.8. The van der Waals surface area contributed by atoms with Crippen molar-refractivity contribution in [2.75, 3.05) is 6.61 Å². The van der Waals surface area contributed by atoms with E-state index in [9.17, 15) is 9.50 Å². The second kappa shape index (κ2) is 6.53.